The summed E-state index contributed by atoms with van der Waals surface area (Å²) in [5.41, 5.74) is 2.58. The molecule has 0 bridgehead atoms. The lowest BCUT2D eigenvalue weighted by Crippen LogP contribution is -2.20. The standard InChI is InChI=1S/C23H16ClN5O4/c1-31-11-15-19(22-27-20-16(32-2)8-13(24)9-17(20)33-22)23(30)29-21(26-15)18(14(10-25)28-29)12-6-4-3-5-7-12/h3-9,26H,11H2,1-2H3. The number of hydrogen-bond donors (Lipinski definition) is 1. The van der Waals surface area contributed by atoms with Crippen molar-refractivity contribution in [2.24, 2.45) is 0 Å². The Bertz CT molecular complexity index is 1610. The van der Waals surface area contributed by atoms with Crippen LogP contribution in [0.15, 0.2) is 51.7 Å². The van der Waals surface area contributed by atoms with Crippen molar-refractivity contribution < 1.29 is 13.9 Å². The zero-order chi connectivity index (χ0) is 23.1. The van der Waals surface area contributed by atoms with Gasteiger partial charge in [0, 0.05) is 24.3 Å². The van der Waals surface area contributed by atoms with Gasteiger partial charge in [-0.05, 0) is 5.56 Å². The summed E-state index contributed by atoms with van der Waals surface area (Å²) in [5, 5.41) is 14.3. The zero-order valence-electron chi connectivity index (χ0n) is 17.5. The molecular weight excluding hydrogens is 446 g/mol. The van der Waals surface area contributed by atoms with E-state index in [4.69, 9.17) is 25.5 Å². The highest BCUT2D eigenvalue weighted by Crippen LogP contribution is 2.34. The maximum atomic E-state index is 13.6. The summed E-state index contributed by atoms with van der Waals surface area (Å²) < 4.78 is 17.7. The molecule has 5 rings (SSSR count). The van der Waals surface area contributed by atoms with Gasteiger partial charge in [0.05, 0.1) is 25.0 Å². The Morgan fingerprint density at radius 3 is 2.70 bits per heavy atom. The highest BCUT2D eigenvalue weighted by atomic mass is 35.5. The Balaban J connectivity index is 1.83. The minimum absolute atomic E-state index is 0.0519. The lowest BCUT2D eigenvalue weighted by molar-refractivity contribution is 0.182. The molecule has 2 aromatic carbocycles. The SMILES string of the molecule is COCc1[nH]c2c(-c3ccccc3)c(C#N)nn2c(=O)c1-c1nc2c(OC)cc(Cl)cc2o1. The smallest absolute Gasteiger partial charge is 0.287 e. The quantitative estimate of drug-likeness (QED) is 0.417. The topological polar surface area (TPSA) is 118 Å². The lowest BCUT2D eigenvalue weighted by Gasteiger charge is -2.08. The summed E-state index contributed by atoms with van der Waals surface area (Å²) in [6, 6.07) is 14.5. The number of halogens is 1. The van der Waals surface area contributed by atoms with E-state index < -0.39 is 5.56 Å². The molecule has 164 valence electrons. The number of hydrogen-bond acceptors (Lipinski definition) is 7. The number of benzene rings is 2. The van der Waals surface area contributed by atoms with E-state index in [2.05, 4.69) is 21.1 Å². The van der Waals surface area contributed by atoms with Crippen LogP contribution in [0, 0.1) is 11.3 Å². The Morgan fingerprint density at radius 2 is 2.00 bits per heavy atom. The minimum Gasteiger partial charge on any atom is -0.494 e. The summed E-state index contributed by atoms with van der Waals surface area (Å²) in [6.07, 6.45) is 0. The predicted octanol–water partition coefficient (Wildman–Crippen LogP) is 4.18. The van der Waals surface area contributed by atoms with Gasteiger partial charge in [0.2, 0.25) is 5.89 Å². The molecule has 10 heteroatoms. The molecule has 9 nitrogen and oxygen atoms in total. The van der Waals surface area contributed by atoms with E-state index in [1.807, 2.05) is 30.3 Å². The van der Waals surface area contributed by atoms with E-state index in [1.165, 1.54) is 14.2 Å². The van der Waals surface area contributed by atoms with Crippen molar-refractivity contribution in [2.75, 3.05) is 14.2 Å². The van der Waals surface area contributed by atoms with E-state index in [0.717, 1.165) is 10.1 Å². The second-order valence-corrected chi connectivity index (χ2v) is 7.59. The first-order valence-electron chi connectivity index (χ1n) is 9.82. The number of nitrogens with one attached hydrogen (secondary N) is 1. The number of aromatic amines is 1. The van der Waals surface area contributed by atoms with E-state index in [1.54, 1.807) is 12.1 Å². The third-order valence-corrected chi connectivity index (χ3v) is 5.40. The van der Waals surface area contributed by atoms with Gasteiger partial charge in [-0.25, -0.2) is 4.98 Å². The van der Waals surface area contributed by atoms with Crippen LogP contribution < -0.4 is 10.3 Å². The second kappa shape index (κ2) is 8.09. The van der Waals surface area contributed by atoms with Crippen LogP contribution in [-0.2, 0) is 11.3 Å². The van der Waals surface area contributed by atoms with Crippen LogP contribution >= 0.6 is 11.6 Å². The van der Waals surface area contributed by atoms with Crippen molar-refractivity contribution in [3.8, 4) is 34.4 Å². The van der Waals surface area contributed by atoms with Gasteiger partial charge >= 0.3 is 0 Å². The second-order valence-electron chi connectivity index (χ2n) is 7.15. The van der Waals surface area contributed by atoms with Crippen molar-refractivity contribution in [2.45, 2.75) is 6.61 Å². The molecule has 3 heterocycles. The van der Waals surface area contributed by atoms with Crippen LogP contribution in [0.1, 0.15) is 11.4 Å². The third kappa shape index (κ3) is 3.33. The number of ether oxygens (including phenoxy) is 2. The van der Waals surface area contributed by atoms with Crippen molar-refractivity contribution in [1.82, 2.24) is 19.6 Å². The van der Waals surface area contributed by atoms with E-state index in [9.17, 15) is 10.1 Å². The minimum atomic E-state index is -0.508. The van der Waals surface area contributed by atoms with Crippen LogP contribution in [0.3, 0.4) is 0 Å². The van der Waals surface area contributed by atoms with Crippen LogP contribution in [0.4, 0.5) is 0 Å². The first kappa shape index (κ1) is 20.8. The normalized spacial score (nSPS) is 11.2. The Labute approximate surface area is 191 Å². The molecule has 0 unspecified atom stereocenters. The van der Waals surface area contributed by atoms with E-state index in [-0.39, 0.29) is 23.8 Å². The Morgan fingerprint density at radius 1 is 1.21 bits per heavy atom. The van der Waals surface area contributed by atoms with Gasteiger partial charge in [0.25, 0.3) is 5.56 Å². The van der Waals surface area contributed by atoms with Crippen molar-refractivity contribution >= 4 is 28.3 Å². The van der Waals surface area contributed by atoms with Gasteiger partial charge < -0.3 is 18.9 Å². The number of rotatable bonds is 5. The fourth-order valence-corrected chi connectivity index (χ4v) is 3.98. The largest absolute Gasteiger partial charge is 0.494 e. The van der Waals surface area contributed by atoms with Gasteiger partial charge in [-0.2, -0.15) is 14.9 Å². The van der Waals surface area contributed by atoms with Gasteiger partial charge in [0.1, 0.15) is 23.0 Å². The lowest BCUT2D eigenvalue weighted by atomic mass is 10.1. The summed E-state index contributed by atoms with van der Waals surface area (Å²) in [5.74, 6) is 0.464. The highest BCUT2D eigenvalue weighted by Gasteiger charge is 2.25. The number of methoxy groups -OCH3 is 2. The average molecular weight is 462 g/mol. The number of aromatic nitrogens is 4. The number of oxazole rings is 1. The third-order valence-electron chi connectivity index (χ3n) is 5.18. The monoisotopic (exact) mass is 461 g/mol. The molecule has 0 radical (unpaired) electrons. The highest BCUT2D eigenvalue weighted by molar-refractivity contribution is 6.31. The van der Waals surface area contributed by atoms with Crippen LogP contribution in [0.5, 0.6) is 5.75 Å². The number of H-pyrrole nitrogens is 1. The van der Waals surface area contributed by atoms with Crippen LogP contribution in [0.2, 0.25) is 5.02 Å². The van der Waals surface area contributed by atoms with Crippen molar-refractivity contribution in [1.29, 1.82) is 5.26 Å². The average Bonchev–Trinajstić information content (AvgIpc) is 3.40. The van der Waals surface area contributed by atoms with Gasteiger partial charge in [-0.15, -0.1) is 0 Å². The molecular formula is C23H16ClN5O4. The molecule has 0 saturated heterocycles. The van der Waals surface area contributed by atoms with Crippen molar-refractivity contribution in [3.05, 3.63) is 69.2 Å². The summed E-state index contributed by atoms with van der Waals surface area (Å²) >= 11 is 6.14. The maximum Gasteiger partial charge on any atom is 0.287 e. The molecule has 33 heavy (non-hydrogen) atoms. The zero-order valence-corrected chi connectivity index (χ0v) is 18.3. The molecule has 0 spiro atoms. The summed E-state index contributed by atoms with van der Waals surface area (Å²) in [4.78, 5) is 21.3. The van der Waals surface area contributed by atoms with E-state index in [0.29, 0.717) is 38.8 Å². The Kier molecular flexibility index (Phi) is 5.09. The first-order chi connectivity index (χ1) is 16.0. The molecule has 0 saturated carbocycles. The predicted molar refractivity (Wildman–Crippen MR) is 121 cm³/mol. The molecule has 1 N–H and O–H groups in total. The maximum absolute atomic E-state index is 13.6. The van der Waals surface area contributed by atoms with Crippen molar-refractivity contribution in [3.63, 3.8) is 0 Å². The molecule has 0 atom stereocenters. The van der Waals surface area contributed by atoms with Gasteiger partial charge in [0.15, 0.2) is 16.8 Å². The molecule has 5 aromatic rings. The van der Waals surface area contributed by atoms with Crippen LogP contribution in [-0.4, -0.2) is 33.8 Å². The van der Waals surface area contributed by atoms with Crippen LogP contribution in [0.25, 0.3) is 39.3 Å². The fraction of sp³-hybridized carbons (Fsp3) is 0.130. The number of nitriles is 1. The molecule has 0 aliphatic carbocycles. The molecule has 0 aliphatic rings. The fourth-order valence-electron chi connectivity index (χ4n) is 3.78. The van der Waals surface area contributed by atoms with Gasteiger partial charge in [-0.3, -0.25) is 4.79 Å². The van der Waals surface area contributed by atoms with E-state index >= 15 is 0 Å². The molecule has 3 aromatic heterocycles. The first-order valence-corrected chi connectivity index (χ1v) is 10.2. The molecule has 0 fully saturated rings. The number of fused-ring (bicyclic) bond motifs is 2. The molecule has 0 amide bonds. The number of nitrogens with zero attached hydrogens (tertiary/aromatic N) is 4. The Hall–Kier alpha value is -4.13. The molecule has 0 aliphatic heterocycles. The summed E-state index contributed by atoms with van der Waals surface area (Å²) in [6.45, 7) is 0.0684. The van der Waals surface area contributed by atoms with Gasteiger partial charge in [-0.1, -0.05) is 41.9 Å². The summed E-state index contributed by atoms with van der Waals surface area (Å²) in [7, 11) is 3.00.